The summed E-state index contributed by atoms with van der Waals surface area (Å²) in [4.78, 5) is 25.7. The van der Waals surface area contributed by atoms with Crippen LogP contribution in [0.15, 0.2) is 41.5 Å². The van der Waals surface area contributed by atoms with Crippen molar-refractivity contribution in [2.45, 2.75) is 25.8 Å². The molecule has 1 heterocycles. The zero-order valence-electron chi connectivity index (χ0n) is 11.3. The fraction of sp³-hybridized carbons (Fsp3) is 0.286. The quantitative estimate of drug-likeness (QED) is 0.765. The van der Waals surface area contributed by atoms with Crippen molar-refractivity contribution >= 4 is 11.6 Å². The topological polar surface area (TPSA) is 92.9 Å². The van der Waals surface area contributed by atoms with Crippen LogP contribution in [0.1, 0.15) is 19.8 Å². The van der Waals surface area contributed by atoms with Gasteiger partial charge in [-0.25, -0.2) is 4.79 Å². The molecule has 1 aromatic carbocycles. The number of rotatable bonds is 5. The highest BCUT2D eigenvalue weighted by Gasteiger charge is 2.08. The van der Waals surface area contributed by atoms with E-state index in [1.165, 1.54) is 4.57 Å². The molecule has 6 nitrogen and oxygen atoms in total. The molecule has 20 heavy (non-hydrogen) atoms. The average molecular weight is 274 g/mol. The molecule has 1 atom stereocenters. The summed E-state index contributed by atoms with van der Waals surface area (Å²) in [5, 5.41) is 2.78. The predicted octanol–water partition coefficient (Wildman–Crippen LogP) is 1.23. The number of amides is 1. The highest BCUT2D eigenvalue weighted by atomic mass is 16.2. The number of imidazole rings is 1. The van der Waals surface area contributed by atoms with Gasteiger partial charge in [0.1, 0.15) is 0 Å². The van der Waals surface area contributed by atoms with Crippen LogP contribution in [0.25, 0.3) is 5.69 Å². The molecule has 0 aliphatic heterocycles. The maximum absolute atomic E-state index is 11.7. The van der Waals surface area contributed by atoms with E-state index in [1.807, 2.05) is 6.92 Å². The van der Waals surface area contributed by atoms with Gasteiger partial charge in [0.05, 0.1) is 5.69 Å². The van der Waals surface area contributed by atoms with E-state index >= 15 is 0 Å². The molecular weight excluding hydrogens is 256 g/mol. The lowest BCUT2D eigenvalue weighted by atomic mass is 10.1. The lowest BCUT2D eigenvalue weighted by Gasteiger charge is -2.10. The van der Waals surface area contributed by atoms with Crippen LogP contribution in [-0.2, 0) is 4.79 Å². The molecule has 0 spiro atoms. The number of aromatic nitrogens is 2. The van der Waals surface area contributed by atoms with Crippen molar-refractivity contribution in [1.82, 2.24) is 9.55 Å². The summed E-state index contributed by atoms with van der Waals surface area (Å²) in [5.41, 5.74) is 6.95. The summed E-state index contributed by atoms with van der Waals surface area (Å²) in [6.45, 7) is 1.95. The van der Waals surface area contributed by atoms with Crippen molar-refractivity contribution in [2.75, 3.05) is 5.32 Å². The van der Waals surface area contributed by atoms with Crippen molar-refractivity contribution in [3.63, 3.8) is 0 Å². The van der Waals surface area contributed by atoms with E-state index in [0.717, 1.165) is 12.1 Å². The van der Waals surface area contributed by atoms with Crippen LogP contribution in [-0.4, -0.2) is 21.5 Å². The molecular formula is C14H18N4O2. The maximum Gasteiger partial charge on any atom is 0.330 e. The van der Waals surface area contributed by atoms with Crippen molar-refractivity contribution in [3.05, 3.63) is 47.1 Å². The fourth-order valence-corrected chi connectivity index (χ4v) is 1.82. The number of anilines is 1. The van der Waals surface area contributed by atoms with Crippen LogP contribution >= 0.6 is 0 Å². The highest BCUT2D eigenvalue weighted by Crippen LogP contribution is 2.12. The number of nitrogens with one attached hydrogen (secondary N) is 2. The molecule has 4 N–H and O–H groups in total. The summed E-state index contributed by atoms with van der Waals surface area (Å²) < 4.78 is 1.48. The number of nitrogens with zero attached hydrogens (tertiary/aromatic N) is 1. The second-order valence-electron chi connectivity index (χ2n) is 4.60. The first kappa shape index (κ1) is 14.1. The van der Waals surface area contributed by atoms with E-state index in [1.54, 1.807) is 36.7 Å². The van der Waals surface area contributed by atoms with Crippen molar-refractivity contribution in [1.29, 1.82) is 0 Å². The SMILES string of the molecule is CCC(N)CC(=O)Nc1ccc(-n2cc[nH]c2=O)cc1. The molecule has 0 saturated heterocycles. The Bertz CT molecular complexity index is 627. The van der Waals surface area contributed by atoms with Gasteiger partial charge in [0.25, 0.3) is 0 Å². The standard InChI is InChI=1S/C14H18N4O2/c1-2-10(15)9-13(19)17-11-3-5-12(6-4-11)18-8-7-16-14(18)20/h3-8,10H,2,9,15H2,1H3,(H,16,20)(H,17,19). The lowest BCUT2D eigenvalue weighted by Crippen LogP contribution is -2.26. The smallest absolute Gasteiger partial charge is 0.327 e. The third-order valence-corrected chi connectivity index (χ3v) is 3.05. The van der Waals surface area contributed by atoms with E-state index in [9.17, 15) is 9.59 Å². The summed E-state index contributed by atoms with van der Waals surface area (Å²) in [6, 6.07) is 6.93. The molecule has 0 bridgehead atoms. The first-order valence-corrected chi connectivity index (χ1v) is 6.52. The van der Waals surface area contributed by atoms with Crippen LogP contribution in [0.2, 0.25) is 0 Å². The Kier molecular flexibility index (Phi) is 4.37. The predicted molar refractivity (Wildman–Crippen MR) is 77.9 cm³/mol. The van der Waals surface area contributed by atoms with E-state index in [4.69, 9.17) is 5.73 Å². The first-order chi connectivity index (χ1) is 9.60. The Morgan fingerprint density at radius 3 is 2.65 bits per heavy atom. The minimum atomic E-state index is -0.198. The minimum Gasteiger partial charge on any atom is -0.327 e. The molecule has 2 aromatic rings. The average Bonchev–Trinajstić information content (AvgIpc) is 2.85. The Morgan fingerprint density at radius 2 is 2.10 bits per heavy atom. The fourth-order valence-electron chi connectivity index (χ4n) is 1.82. The van der Waals surface area contributed by atoms with E-state index < -0.39 is 0 Å². The summed E-state index contributed by atoms with van der Waals surface area (Å²) in [7, 11) is 0. The van der Waals surface area contributed by atoms with E-state index in [2.05, 4.69) is 10.3 Å². The molecule has 0 aliphatic rings. The zero-order valence-corrected chi connectivity index (χ0v) is 11.3. The number of benzene rings is 1. The Hall–Kier alpha value is -2.34. The van der Waals surface area contributed by atoms with Gasteiger partial charge >= 0.3 is 5.69 Å². The van der Waals surface area contributed by atoms with Crippen molar-refractivity contribution < 1.29 is 4.79 Å². The summed E-state index contributed by atoms with van der Waals surface area (Å²) in [5.74, 6) is -0.106. The summed E-state index contributed by atoms with van der Waals surface area (Å²) in [6.07, 6.45) is 4.29. The number of carbonyl (C=O) groups excluding carboxylic acids is 1. The molecule has 1 amide bonds. The van der Waals surface area contributed by atoms with Gasteiger partial charge in [-0.3, -0.25) is 9.36 Å². The van der Waals surface area contributed by atoms with Crippen LogP contribution in [0.3, 0.4) is 0 Å². The Morgan fingerprint density at radius 1 is 1.40 bits per heavy atom. The lowest BCUT2D eigenvalue weighted by molar-refractivity contribution is -0.116. The number of aromatic amines is 1. The molecule has 1 unspecified atom stereocenters. The van der Waals surface area contributed by atoms with Gasteiger partial charge in [-0.2, -0.15) is 0 Å². The monoisotopic (exact) mass is 274 g/mol. The van der Waals surface area contributed by atoms with Crippen LogP contribution in [0.5, 0.6) is 0 Å². The Balaban J connectivity index is 2.04. The first-order valence-electron chi connectivity index (χ1n) is 6.52. The number of nitrogens with two attached hydrogens (primary N) is 1. The second-order valence-corrected chi connectivity index (χ2v) is 4.60. The minimum absolute atomic E-state index is 0.106. The molecule has 0 fully saturated rings. The summed E-state index contributed by atoms with van der Waals surface area (Å²) >= 11 is 0. The van der Waals surface area contributed by atoms with Gasteiger partial charge in [0.15, 0.2) is 0 Å². The van der Waals surface area contributed by atoms with Crippen LogP contribution in [0.4, 0.5) is 5.69 Å². The second kappa shape index (κ2) is 6.21. The van der Waals surface area contributed by atoms with Gasteiger partial charge < -0.3 is 16.0 Å². The molecule has 1 aromatic heterocycles. The van der Waals surface area contributed by atoms with Gasteiger partial charge in [-0.1, -0.05) is 6.92 Å². The molecule has 0 aliphatic carbocycles. The number of H-pyrrole nitrogens is 1. The molecule has 106 valence electrons. The molecule has 6 heteroatoms. The highest BCUT2D eigenvalue weighted by molar-refractivity contribution is 5.91. The third-order valence-electron chi connectivity index (χ3n) is 3.05. The third kappa shape index (κ3) is 3.36. The van der Waals surface area contributed by atoms with Crippen LogP contribution < -0.4 is 16.7 Å². The largest absolute Gasteiger partial charge is 0.330 e. The normalized spacial score (nSPS) is 12.1. The van der Waals surface area contributed by atoms with Crippen molar-refractivity contribution in [3.8, 4) is 5.69 Å². The van der Waals surface area contributed by atoms with E-state index in [-0.39, 0.29) is 17.6 Å². The number of hydrogen-bond donors (Lipinski definition) is 3. The Labute approximate surface area is 116 Å². The number of carbonyl (C=O) groups is 1. The van der Waals surface area contributed by atoms with Gasteiger partial charge in [0.2, 0.25) is 5.91 Å². The van der Waals surface area contributed by atoms with Gasteiger partial charge in [0, 0.05) is 30.5 Å². The molecule has 0 radical (unpaired) electrons. The molecule has 2 rings (SSSR count). The van der Waals surface area contributed by atoms with Gasteiger partial charge in [-0.05, 0) is 30.7 Å². The van der Waals surface area contributed by atoms with Crippen molar-refractivity contribution in [2.24, 2.45) is 5.73 Å². The van der Waals surface area contributed by atoms with Gasteiger partial charge in [-0.15, -0.1) is 0 Å². The van der Waals surface area contributed by atoms with Crippen LogP contribution in [0, 0.1) is 0 Å². The molecule has 0 saturated carbocycles. The number of hydrogen-bond acceptors (Lipinski definition) is 3. The zero-order chi connectivity index (χ0) is 14.5. The maximum atomic E-state index is 11.7. The van der Waals surface area contributed by atoms with E-state index in [0.29, 0.717) is 12.1 Å².